The molecule has 0 amide bonds. The molecule has 5 nitrogen and oxygen atoms in total. The molecule has 5 heteroatoms. The average molecular weight is 322 g/mol. The number of hydrogen-bond donors (Lipinski definition) is 2. The minimum Gasteiger partial charge on any atom is -0.508 e. The van der Waals surface area contributed by atoms with Crippen molar-refractivity contribution in [3.63, 3.8) is 0 Å². The summed E-state index contributed by atoms with van der Waals surface area (Å²) in [4.78, 5) is 21.7. The molecule has 1 rings (SSSR count). The SMILES string of the molecule is CC(C)(C)C(C)(CCCOC(=O)CC(=O)O)c1ccc(O)cc1. The molecular weight excluding hydrogens is 296 g/mol. The van der Waals surface area contributed by atoms with E-state index >= 15 is 0 Å². The molecule has 0 aliphatic heterocycles. The van der Waals surface area contributed by atoms with Gasteiger partial charge in [0.25, 0.3) is 0 Å². The lowest BCUT2D eigenvalue weighted by Crippen LogP contribution is -2.37. The van der Waals surface area contributed by atoms with Crippen LogP contribution in [0.1, 0.15) is 52.5 Å². The van der Waals surface area contributed by atoms with Crippen LogP contribution in [0.15, 0.2) is 24.3 Å². The van der Waals surface area contributed by atoms with Gasteiger partial charge in [0, 0.05) is 0 Å². The molecule has 0 aromatic heterocycles. The minimum atomic E-state index is -1.18. The number of benzene rings is 1. The topological polar surface area (TPSA) is 83.8 Å². The number of ether oxygens (including phenoxy) is 1. The first kappa shape index (κ1) is 19.0. The first-order valence-electron chi connectivity index (χ1n) is 7.73. The number of carboxylic acid groups (broad SMARTS) is 1. The number of aromatic hydroxyl groups is 1. The van der Waals surface area contributed by atoms with E-state index < -0.39 is 18.4 Å². The highest BCUT2D eigenvalue weighted by molar-refractivity contribution is 5.90. The molecule has 0 saturated heterocycles. The molecule has 0 fully saturated rings. The molecule has 0 radical (unpaired) electrons. The first-order chi connectivity index (χ1) is 10.6. The number of aliphatic carboxylic acids is 1. The minimum absolute atomic E-state index is 0.0327. The summed E-state index contributed by atoms with van der Waals surface area (Å²) < 4.78 is 4.96. The standard InChI is InChI=1S/C18H26O5/c1-17(2,3)18(4,13-6-8-14(19)9-7-13)10-5-11-23-16(22)12-15(20)21/h6-9,19H,5,10-12H2,1-4H3,(H,20,21). The fourth-order valence-corrected chi connectivity index (χ4v) is 2.57. The normalized spacial score (nSPS) is 14.1. The molecule has 128 valence electrons. The summed E-state index contributed by atoms with van der Waals surface area (Å²) in [5, 5.41) is 18.0. The Hall–Kier alpha value is -2.04. The van der Waals surface area contributed by atoms with Crippen molar-refractivity contribution in [2.45, 2.75) is 52.4 Å². The van der Waals surface area contributed by atoms with Gasteiger partial charge in [-0.15, -0.1) is 0 Å². The summed E-state index contributed by atoms with van der Waals surface area (Å²) in [5.41, 5.74) is 0.911. The first-order valence-corrected chi connectivity index (χ1v) is 7.73. The number of esters is 1. The quantitative estimate of drug-likeness (QED) is 0.456. The van der Waals surface area contributed by atoms with Crippen LogP contribution < -0.4 is 0 Å². The molecule has 0 bridgehead atoms. The predicted octanol–water partition coefficient (Wildman–Crippen LogP) is 3.49. The maximum Gasteiger partial charge on any atom is 0.317 e. The lowest BCUT2D eigenvalue weighted by Gasteiger charge is -2.43. The number of phenolic OH excluding ortho intramolecular Hbond substituents is 1. The van der Waals surface area contributed by atoms with Gasteiger partial charge in [-0.3, -0.25) is 9.59 Å². The van der Waals surface area contributed by atoms with E-state index in [0.29, 0.717) is 6.42 Å². The number of phenols is 1. The summed E-state index contributed by atoms with van der Waals surface area (Å²) in [7, 11) is 0. The van der Waals surface area contributed by atoms with Crippen LogP contribution in [0.4, 0.5) is 0 Å². The molecule has 1 unspecified atom stereocenters. The van der Waals surface area contributed by atoms with Gasteiger partial charge in [-0.25, -0.2) is 0 Å². The van der Waals surface area contributed by atoms with Crippen LogP contribution >= 0.6 is 0 Å². The van der Waals surface area contributed by atoms with Crippen LogP contribution in [0.25, 0.3) is 0 Å². The Balaban J connectivity index is 2.71. The summed E-state index contributed by atoms with van der Waals surface area (Å²) in [6.45, 7) is 8.80. The van der Waals surface area contributed by atoms with Gasteiger partial charge in [0.1, 0.15) is 12.2 Å². The number of carbonyl (C=O) groups is 2. The van der Waals surface area contributed by atoms with E-state index in [-0.39, 0.29) is 23.2 Å². The third kappa shape index (κ3) is 5.27. The van der Waals surface area contributed by atoms with Gasteiger partial charge in [-0.2, -0.15) is 0 Å². The molecule has 0 heterocycles. The van der Waals surface area contributed by atoms with Crippen molar-refractivity contribution in [3.05, 3.63) is 29.8 Å². The lowest BCUT2D eigenvalue weighted by molar-refractivity contribution is -0.151. The highest BCUT2D eigenvalue weighted by atomic mass is 16.5. The van der Waals surface area contributed by atoms with Gasteiger partial charge in [0.15, 0.2) is 0 Å². The van der Waals surface area contributed by atoms with Gasteiger partial charge in [0.05, 0.1) is 6.61 Å². The Bertz CT molecular complexity index is 542. The molecular formula is C18H26O5. The largest absolute Gasteiger partial charge is 0.508 e. The van der Waals surface area contributed by atoms with Crippen LogP contribution in [0.5, 0.6) is 5.75 Å². The Morgan fingerprint density at radius 1 is 1.09 bits per heavy atom. The number of carbonyl (C=O) groups excluding carboxylic acids is 1. The van der Waals surface area contributed by atoms with Gasteiger partial charge in [-0.05, 0) is 41.4 Å². The zero-order valence-electron chi connectivity index (χ0n) is 14.3. The Morgan fingerprint density at radius 2 is 1.65 bits per heavy atom. The molecule has 1 atom stereocenters. The third-order valence-corrected chi connectivity index (χ3v) is 4.54. The second kappa shape index (κ2) is 7.49. The van der Waals surface area contributed by atoms with E-state index in [1.807, 2.05) is 12.1 Å². The van der Waals surface area contributed by atoms with Crippen molar-refractivity contribution < 1.29 is 24.5 Å². The smallest absolute Gasteiger partial charge is 0.317 e. The van der Waals surface area contributed by atoms with Crippen LogP contribution in [-0.4, -0.2) is 28.8 Å². The third-order valence-electron chi connectivity index (χ3n) is 4.54. The van der Waals surface area contributed by atoms with Crippen LogP contribution in [-0.2, 0) is 19.7 Å². The Kier molecular flexibility index (Phi) is 6.19. The Labute approximate surface area is 137 Å². The van der Waals surface area contributed by atoms with Crippen molar-refractivity contribution >= 4 is 11.9 Å². The van der Waals surface area contributed by atoms with Crippen LogP contribution in [0.3, 0.4) is 0 Å². The predicted molar refractivity (Wildman–Crippen MR) is 87.4 cm³/mol. The molecule has 0 saturated carbocycles. The Morgan fingerprint density at radius 3 is 2.13 bits per heavy atom. The second-order valence-corrected chi connectivity index (χ2v) is 7.02. The zero-order valence-corrected chi connectivity index (χ0v) is 14.3. The van der Waals surface area contributed by atoms with E-state index in [1.54, 1.807) is 12.1 Å². The maximum absolute atomic E-state index is 11.3. The van der Waals surface area contributed by atoms with Crippen molar-refractivity contribution in [3.8, 4) is 5.75 Å². The lowest BCUT2D eigenvalue weighted by atomic mass is 9.62. The van der Waals surface area contributed by atoms with Crippen molar-refractivity contribution in [2.75, 3.05) is 6.61 Å². The molecule has 23 heavy (non-hydrogen) atoms. The molecule has 1 aromatic carbocycles. The molecule has 0 spiro atoms. The van der Waals surface area contributed by atoms with E-state index in [2.05, 4.69) is 27.7 Å². The monoisotopic (exact) mass is 322 g/mol. The summed E-state index contributed by atoms with van der Waals surface area (Å²) in [6.07, 6.45) is 0.816. The number of carboxylic acids is 1. The highest BCUT2D eigenvalue weighted by Crippen LogP contribution is 2.45. The average Bonchev–Trinajstić information content (AvgIpc) is 2.42. The van der Waals surface area contributed by atoms with E-state index in [4.69, 9.17) is 9.84 Å². The van der Waals surface area contributed by atoms with Gasteiger partial charge >= 0.3 is 11.9 Å². The molecule has 2 N–H and O–H groups in total. The maximum atomic E-state index is 11.3. The van der Waals surface area contributed by atoms with Crippen molar-refractivity contribution in [1.82, 2.24) is 0 Å². The van der Waals surface area contributed by atoms with Crippen LogP contribution in [0.2, 0.25) is 0 Å². The second-order valence-electron chi connectivity index (χ2n) is 7.02. The summed E-state index contributed by atoms with van der Waals surface area (Å²) >= 11 is 0. The molecule has 0 aliphatic carbocycles. The van der Waals surface area contributed by atoms with Crippen LogP contribution in [0, 0.1) is 5.41 Å². The van der Waals surface area contributed by atoms with Crippen molar-refractivity contribution in [2.24, 2.45) is 5.41 Å². The van der Waals surface area contributed by atoms with E-state index in [1.165, 1.54) is 0 Å². The highest BCUT2D eigenvalue weighted by Gasteiger charge is 2.38. The fraction of sp³-hybridized carbons (Fsp3) is 0.556. The summed E-state index contributed by atoms with van der Waals surface area (Å²) in [6, 6.07) is 7.17. The number of hydrogen-bond acceptors (Lipinski definition) is 4. The van der Waals surface area contributed by atoms with Crippen molar-refractivity contribution in [1.29, 1.82) is 0 Å². The van der Waals surface area contributed by atoms with Gasteiger partial charge in [0.2, 0.25) is 0 Å². The van der Waals surface area contributed by atoms with Gasteiger partial charge < -0.3 is 14.9 Å². The van der Waals surface area contributed by atoms with E-state index in [9.17, 15) is 14.7 Å². The van der Waals surface area contributed by atoms with Gasteiger partial charge in [-0.1, -0.05) is 39.8 Å². The zero-order chi connectivity index (χ0) is 17.7. The molecule has 0 aliphatic rings. The molecule has 1 aromatic rings. The van der Waals surface area contributed by atoms with E-state index in [0.717, 1.165) is 12.0 Å². The summed E-state index contributed by atoms with van der Waals surface area (Å²) in [5.74, 6) is -1.66. The fourth-order valence-electron chi connectivity index (χ4n) is 2.57. The number of rotatable bonds is 7.